The number of hydrogen-bond donors (Lipinski definition) is 1. The van der Waals surface area contributed by atoms with Crippen molar-refractivity contribution in [3.63, 3.8) is 0 Å². The normalized spacial score (nSPS) is 13.2. The highest BCUT2D eigenvalue weighted by Crippen LogP contribution is 2.23. The molecule has 1 N–H and O–H groups in total. The van der Waals surface area contributed by atoms with Crippen LogP contribution in [0.1, 0.15) is 18.9 Å². The zero-order valence-corrected chi connectivity index (χ0v) is 14.7. The Bertz CT molecular complexity index is 804. The van der Waals surface area contributed by atoms with Crippen molar-refractivity contribution < 1.29 is 14.2 Å². The molecule has 0 saturated carbocycles. The fraction of sp³-hybridized carbons (Fsp3) is 0.227. The van der Waals surface area contributed by atoms with Crippen molar-refractivity contribution in [2.45, 2.75) is 32.0 Å². The van der Waals surface area contributed by atoms with Crippen molar-refractivity contribution >= 4 is 0 Å². The van der Waals surface area contributed by atoms with Gasteiger partial charge in [-0.1, -0.05) is 30.3 Å². The number of nitrogens with zero attached hydrogens (tertiary/aromatic N) is 1. The van der Waals surface area contributed by atoms with E-state index >= 15 is 0 Å². The summed E-state index contributed by atoms with van der Waals surface area (Å²) in [6.07, 6.45) is 4.04. The second kappa shape index (κ2) is 8.59. The Morgan fingerprint density at radius 1 is 1.00 bits per heavy atom. The fourth-order valence-electron chi connectivity index (χ4n) is 2.76. The minimum atomic E-state index is -0.563. The van der Waals surface area contributed by atoms with E-state index in [1.165, 1.54) is 12.1 Å². The first kappa shape index (κ1) is 18.1. The molecule has 1 heterocycles. The average Bonchev–Trinajstić information content (AvgIpc) is 2.68. The number of rotatable bonds is 7. The number of benzene rings is 2. The van der Waals surface area contributed by atoms with Crippen LogP contribution in [0, 0.1) is 5.82 Å². The van der Waals surface area contributed by atoms with Gasteiger partial charge in [-0.3, -0.25) is 4.98 Å². The molecule has 0 fully saturated rings. The molecule has 0 bridgehead atoms. The van der Waals surface area contributed by atoms with Gasteiger partial charge in [0.25, 0.3) is 0 Å². The summed E-state index contributed by atoms with van der Waals surface area (Å²) in [4.78, 5) is 4.08. The van der Waals surface area contributed by atoms with Crippen LogP contribution in [0.2, 0.25) is 0 Å². The Labute approximate surface area is 153 Å². The van der Waals surface area contributed by atoms with Gasteiger partial charge in [-0.25, -0.2) is 4.39 Å². The molecule has 0 unspecified atom stereocenters. The monoisotopic (exact) mass is 351 g/mol. The minimum absolute atomic E-state index is 0.247. The van der Waals surface area contributed by atoms with E-state index < -0.39 is 6.10 Å². The molecule has 26 heavy (non-hydrogen) atoms. The highest BCUT2D eigenvalue weighted by atomic mass is 19.1. The molecule has 0 spiro atoms. The molecule has 0 aliphatic carbocycles. The van der Waals surface area contributed by atoms with Gasteiger partial charge in [-0.15, -0.1) is 0 Å². The van der Waals surface area contributed by atoms with Gasteiger partial charge in [0.2, 0.25) is 0 Å². The lowest BCUT2D eigenvalue weighted by molar-refractivity contribution is 0.0420. The van der Waals surface area contributed by atoms with Crippen LogP contribution in [0.4, 0.5) is 4.39 Å². The lowest BCUT2D eigenvalue weighted by Crippen LogP contribution is -2.29. The lowest BCUT2D eigenvalue weighted by Gasteiger charge is -2.20. The highest BCUT2D eigenvalue weighted by molar-refractivity contribution is 5.63. The standard InChI is InChI=1S/C22H22FNO2/c1-16(22(25)13-4-17-3-2-14-24-15-17)26-21-11-7-19(8-12-21)18-5-9-20(23)10-6-18/h2-3,5-12,14-16,22,25H,4,13H2,1H3/t16-,22+/m0/s1. The number of ether oxygens (including phenoxy) is 1. The minimum Gasteiger partial charge on any atom is -0.488 e. The molecule has 3 nitrogen and oxygen atoms in total. The van der Waals surface area contributed by atoms with Crippen molar-refractivity contribution in [3.8, 4) is 16.9 Å². The summed E-state index contributed by atoms with van der Waals surface area (Å²) in [5.74, 6) is 0.451. The van der Waals surface area contributed by atoms with E-state index in [4.69, 9.17) is 4.74 Å². The van der Waals surface area contributed by atoms with Crippen LogP contribution in [0.3, 0.4) is 0 Å². The molecule has 0 amide bonds. The molecule has 2 aromatic carbocycles. The smallest absolute Gasteiger partial charge is 0.123 e. The first-order chi connectivity index (χ1) is 12.6. The number of pyridine rings is 1. The second-order valence-corrected chi connectivity index (χ2v) is 6.32. The topological polar surface area (TPSA) is 42.4 Å². The van der Waals surface area contributed by atoms with Gasteiger partial charge < -0.3 is 9.84 Å². The Kier molecular flexibility index (Phi) is 5.97. The second-order valence-electron chi connectivity index (χ2n) is 6.32. The summed E-state index contributed by atoms with van der Waals surface area (Å²) in [5, 5.41) is 10.3. The molecule has 0 saturated heterocycles. The number of aliphatic hydroxyl groups is 1. The number of hydrogen-bond acceptors (Lipinski definition) is 3. The first-order valence-corrected chi connectivity index (χ1v) is 8.71. The molecule has 0 radical (unpaired) electrons. The van der Waals surface area contributed by atoms with E-state index in [2.05, 4.69) is 4.98 Å². The van der Waals surface area contributed by atoms with E-state index in [9.17, 15) is 9.50 Å². The SMILES string of the molecule is C[C@H](Oc1ccc(-c2ccc(F)cc2)cc1)[C@H](O)CCc1cccnc1. The summed E-state index contributed by atoms with van der Waals surface area (Å²) in [7, 11) is 0. The van der Waals surface area contributed by atoms with Crippen LogP contribution < -0.4 is 4.74 Å². The lowest BCUT2D eigenvalue weighted by atomic mass is 10.0. The van der Waals surface area contributed by atoms with Gasteiger partial charge in [0.15, 0.2) is 0 Å². The maximum absolute atomic E-state index is 13.0. The average molecular weight is 351 g/mol. The van der Waals surface area contributed by atoms with Crippen LogP contribution >= 0.6 is 0 Å². The quantitative estimate of drug-likeness (QED) is 0.674. The molecular formula is C22H22FNO2. The number of aryl methyl sites for hydroxylation is 1. The van der Waals surface area contributed by atoms with Gasteiger partial charge in [-0.2, -0.15) is 0 Å². The number of aliphatic hydroxyl groups excluding tert-OH is 1. The number of aromatic nitrogens is 1. The molecule has 134 valence electrons. The van der Waals surface area contributed by atoms with Crippen LogP contribution in [-0.2, 0) is 6.42 Å². The van der Waals surface area contributed by atoms with E-state index in [-0.39, 0.29) is 11.9 Å². The zero-order chi connectivity index (χ0) is 18.4. The summed E-state index contributed by atoms with van der Waals surface area (Å²) in [6, 6.07) is 17.9. The number of halogens is 1. The van der Waals surface area contributed by atoms with Crippen molar-refractivity contribution in [2.24, 2.45) is 0 Å². The van der Waals surface area contributed by atoms with E-state index in [1.54, 1.807) is 18.3 Å². The Morgan fingerprint density at radius 3 is 2.27 bits per heavy atom. The van der Waals surface area contributed by atoms with E-state index in [1.807, 2.05) is 49.5 Å². The van der Waals surface area contributed by atoms with Gasteiger partial charge in [0.05, 0.1) is 6.10 Å². The summed E-state index contributed by atoms with van der Waals surface area (Å²) in [6.45, 7) is 1.86. The zero-order valence-electron chi connectivity index (χ0n) is 14.7. The molecular weight excluding hydrogens is 329 g/mol. The van der Waals surface area contributed by atoms with Gasteiger partial charge >= 0.3 is 0 Å². The predicted molar refractivity (Wildman–Crippen MR) is 100 cm³/mol. The molecule has 4 heteroatoms. The van der Waals surface area contributed by atoms with Crippen LogP contribution in [0.15, 0.2) is 73.1 Å². The Balaban J connectivity index is 1.55. The third-order valence-electron chi connectivity index (χ3n) is 4.35. The van der Waals surface area contributed by atoms with Crippen molar-refractivity contribution in [1.82, 2.24) is 4.98 Å². The Morgan fingerprint density at radius 2 is 1.65 bits per heavy atom. The molecule has 2 atom stereocenters. The highest BCUT2D eigenvalue weighted by Gasteiger charge is 2.16. The van der Waals surface area contributed by atoms with Gasteiger partial charge in [0.1, 0.15) is 17.7 Å². The van der Waals surface area contributed by atoms with Crippen molar-refractivity contribution in [3.05, 3.63) is 84.4 Å². The van der Waals surface area contributed by atoms with Crippen LogP contribution in [0.5, 0.6) is 5.75 Å². The molecule has 0 aliphatic rings. The molecule has 3 rings (SSSR count). The Hall–Kier alpha value is -2.72. The van der Waals surface area contributed by atoms with Crippen molar-refractivity contribution in [2.75, 3.05) is 0 Å². The maximum atomic E-state index is 13.0. The summed E-state index contributed by atoms with van der Waals surface area (Å²) < 4.78 is 18.9. The fourth-order valence-corrected chi connectivity index (χ4v) is 2.76. The molecule has 3 aromatic rings. The van der Waals surface area contributed by atoms with E-state index in [0.29, 0.717) is 12.2 Å². The first-order valence-electron chi connectivity index (χ1n) is 8.71. The summed E-state index contributed by atoms with van der Waals surface area (Å²) in [5.41, 5.74) is 3.03. The van der Waals surface area contributed by atoms with Gasteiger partial charge in [0, 0.05) is 12.4 Å². The predicted octanol–water partition coefficient (Wildman–Crippen LogP) is 4.65. The molecule has 1 aromatic heterocycles. The van der Waals surface area contributed by atoms with Crippen LogP contribution in [-0.4, -0.2) is 22.3 Å². The largest absolute Gasteiger partial charge is 0.488 e. The molecule has 0 aliphatic heterocycles. The third kappa shape index (κ3) is 4.90. The van der Waals surface area contributed by atoms with Gasteiger partial charge in [-0.05, 0) is 66.8 Å². The summed E-state index contributed by atoms with van der Waals surface area (Å²) >= 11 is 0. The maximum Gasteiger partial charge on any atom is 0.123 e. The van der Waals surface area contributed by atoms with E-state index in [0.717, 1.165) is 23.1 Å². The third-order valence-corrected chi connectivity index (χ3v) is 4.35. The van der Waals surface area contributed by atoms with Crippen molar-refractivity contribution in [1.29, 1.82) is 0 Å². The van der Waals surface area contributed by atoms with Crippen LogP contribution in [0.25, 0.3) is 11.1 Å².